The molecule has 4 heteroatoms. The summed E-state index contributed by atoms with van der Waals surface area (Å²) < 4.78 is 0. The van der Waals surface area contributed by atoms with Gasteiger partial charge in [-0.15, -0.1) is 0 Å². The molecule has 0 aliphatic carbocycles. The second kappa shape index (κ2) is 5.00. The molecule has 2 rings (SSSR count). The Hall–Kier alpha value is -0.900. The van der Waals surface area contributed by atoms with Gasteiger partial charge in [0.1, 0.15) is 0 Å². The highest BCUT2D eigenvalue weighted by Crippen LogP contribution is 2.46. The van der Waals surface area contributed by atoms with E-state index in [0.29, 0.717) is 12.3 Å². The first-order valence-electron chi connectivity index (χ1n) is 6.95. The van der Waals surface area contributed by atoms with E-state index in [4.69, 9.17) is 0 Å². The smallest absolute Gasteiger partial charge is 0.230 e. The van der Waals surface area contributed by atoms with Crippen LogP contribution in [0.4, 0.5) is 0 Å². The molecule has 0 radical (unpaired) electrons. The van der Waals surface area contributed by atoms with Gasteiger partial charge in [0, 0.05) is 12.3 Å². The van der Waals surface area contributed by atoms with Gasteiger partial charge in [-0.25, -0.2) is 0 Å². The van der Waals surface area contributed by atoms with Crippen LogP contribution in [0.3, 0.4) is 0 Å². The molecule has 2 amide bonds. The van der Waals surface area contributed by atoms with Crippen molar-refractivity contribution in [3.63, 3.8) is 0 Å². The van der Waals surface area contributed by atoms with Crippen molar-refractivity contribution in [2.75, 3.05) is 20.1 Å². The number of rotatable bonds is 2. The van der Waals surface area contributed by atoms with Crippen molar-refractivity contribution >= 4 is 11.8 Å². The molecule has 2 heterocycles. The van der Waals surface area contributed by atoms with Gasteiger partial charge in [0.05, 0.1) is 0 Å². The van der Waals surface area contributed by atoms with Gasteiger partial charge in [-0.05, 0) is 50.7 Å². The van der Waals surface area contributed by atoms with Crippen molar-refractivity contribution in [2.45, 2.75) is 39.5 Å². The zero-order valence-corrected chi connectivity index (χ0v) is 11.7. The van der Waals surface area contributed by atoms with Crippen LogP contribution in [0.5, 0.6) is 0 Å². The van der Waals surface area contributed by atoms with Crippen LogP contribution in [-0.2, 0) is 9.59 Å². The third-order valence-electron chi connectivity index (χ3n) is 4.52. The molecule has 1 atom stereocenters. The van der Waals surface area contributed by atoms with Gasteiger partial charge < -0.3 is 4.90 Å². The fraction of sp³-hybridized carbons (Fsp3) is 0.857. The number of hydrogen-bond donors (Lipinski definition) is 1. The average Bonchev–Trinajstić information content (AvgIpc) is 2.27. The molecule has 0 aromatic rings. The second-order valence-electron chi connectivity index (χ2n) is 6.44. The predicted molar refractivity (Wildman–Crippen MR) is 69.9 cm³/mol. The van der Waals surface area contributed by atoms with E-state index in [9.17, 15) is 9.59 Å². The highest BCUT2D eigenvalue weighted by molar-refractivity contribution is 5.99. The van der Waals surface area contributed by atoms with Gasteiger partial charge in [0.15, 0.2) is 0 Å². The van der Waals surface area contributed by atoms with Gasteiger partial charge in [0.2, 0.25) is 11.8 Å². The lowest BCUT2D eigenvalue weighted by Gasteiger charge is -2.47. The molecule has 2 fully saturated rings. The first-order valence-corrected chi connectivity index (χ1v) is 6.95. The molecule has 1 spiro atoms. The van der Waals surface area contributed by atoms with Crippen LogP contribution in [0.1, 0.15) is 39.5 Å². The van der Waals surface area contributed by atoms with Crippen LogP contribution in [0.15, 0.2) is 0 Å². The van der Waals surface area contributed by atoms with E-state index in [1.165, 1.54) is 0 Å². The molecule has 2 saturated heterocycles. The molecule has 4 nitrogen and oxygen atoms in total. The highest BCUT2D eigenvalue weighted by Gasteiger charge is 2.49. The summed E-state index contributed by atoms with van der Waals surface area (Å²) in [5.41, 5.74) is -0.0732. The topological polar surface area (TPSA) is 49.4 Å². The molecule has 2 aliphatic heterocycles. The molecule has 1 unspecified atom stereocenters. The minimum Gasteiger partial charge on any atom is -0.306 e. The van der Waals surface area contributed by atoms with Crippen molar-refractivity contribution < 1.29 is 9.59 Å². The molecule has 18 heavy (non-hydrogen) atoms. The number of hydrogen-bond acceptors (Lipinski definition) is 3. The van der Waals surface area contributed by atoms with E-state index in [1.807, 2.05) is 0 Å². The predicted octanol–water partition coefficient (Wildman–Crippen LogP) is 1.41. The molecule has 0 aromatic carbocycles. The molecule has 2 aliphatic rings. The molecule has 1 N–H and O–H groups in total. The normalized spacial score (nSPS) is 28.8. The molecule has 0 aromatic heterocycles. The van der Waals surface area contributed by atoms with Crippen LogP contribution in [0.25, 0.3) is 0 Å². The van der Waals surface area contributed by atoms with E-state index in [0.717, 1.165) is 32.4 Å². The lowest BCUT2D eigenvalue weighted by molar-refractivity contribution is -0.147. The third kappa shape index (κ3) is 2.58. The third-order valence-corrected chi connectivity index (χ3v) is 4.52. The summed E-state index contributed by atoms with van der Waals surface area (Å²) in [4.78, 5) is 26.2. The quantitative estimate of drug-likeness (QED) is 0.756. The number of nitrogens with zero attached hydrogens (tertiary/aromatic N) is 1. The minimum atomic E-state index is -0.0791. The lowest BCUT2D eigenvalue weighted by atomic mass is 9.62. The Morgan fingerprint density at radius 2 is 1.94 bits per heavy atom. The second-order valence-corrected chi connectivity index (χ2v) is 6.44. The Balaban J connectivity index is 2.21. The fourth-order valence-corrected chi connectivity index (χ4v) is 3.41. The molecule has 102 valence electrons. The monoisotopic (exact) mass is 252 g/mol. The van der Waals surface area contributed by atoms with Crippen molar-refractivity contribution in [1.29, 1.82) is 0 Å². The van der Waals surface area contributed by atoms with E-state index in [1.54, 1.807) is 0 Å². The van der Waals surface area contributed by atoms with Crippen molar-refractivity contribution in [3.8, 4) is 0 Å². The van der Waals surface area contributed by atoms with Crippen LogP contribution in [-0.4, -0.2) is 36.9 Å². The van der Waals surface area contributed by atoms with Gasteiger partial charge in [-0.2, -0.15) is 0 Å². The van der Waals surface area contributed by atoms with E-state index in [2.05, 4.69) is 31.1 Å². The number of carbonyl (C=O) groups excluding carboxylic acids is 2. The Labute approximate surface area is 109 Å². The average molecular weight is 252 g/mol. The van der Waals surface area contributed by atoms with E-state index in [-0.39, 0.29) is 23.1 Å². The first kappa shape index (κ1) is 13.5. The molecule has 0 saturated carbocycles. The lowest BCUT2D eigenvalue weighted by Crippen LogP contribution is -2.55. The maximum Gasteiger partial charge on any atom is 0.230 e. The van der Waals surface area contributed by atoms with Crippen molar-refractivity contribution in [1.82, 2.24) is 10.2 Å². The van der Waals surface area contributed by atoms with Crippen molar-refractivity contribution in [2.24, 2.45) is 17.3 Å². The highest BCUT2D eigenvalue weighted by atomic mass is 16.2. The Kier molecular flexibility index (Phi) is 3.76. The number of nitrogens with one attached hydrogen (secondary N) is 1. The first-order chi connectivity index (χ1) is 8.43. The van der Waals surface area contributed by atoms with Crippen LogP contribution < -0.4 is 5.32 Å². The molecular weight excluding hydrogens is 228 g/mol. The summed E-state index contributed by atoms with van der Waals surface area (Å²) in [6.45, 7) is 6.28. The fourth-order valence-electron chi connectivity index (χ4n) is 3.41. The zero-order valence-electron chi connectivity index (χ0n) is 11.7. The molecule has 0 bridgehead atoms. The summed E-state index contributed by atoms with van der Waals surface area (Å²) in [5, 5.41) is 2.53. The Morgan fingerprint density at radius 3 is 2.50 bits per heavy atom. The van der Waals surface area contributed by atoms with Gasteiger partial charge in [0.25, 0.3) is 0 Å². The van der Waals surface area contributed by atoms with Gasteiger partial charge >= 0.3 is 0 Å². The standard InChI is InChI=1S/C14H24N2O2/c1-10(2)8-11-13(18)15-12(17)9-14(11)4-6-16(3)7-5-14/h10-11H,4-9H2,1-3H3,(H,15,17,18). The number of carbonyl (C=O) groups is 2. The Morgan fingerprint density at radius 1 is 1.33 bits per heavy atom. The van der Waals surface area contributed by atoms with Crippen LogP contribution in [0.2, 0.25) is 0 Å². The van der Waals surface area contributed by atoms with E-state index < -0.39 is 0 Å². The van der Waals surface area contributed by atoms with E-state index >= 15 is 0 Å². The largest absolute Gasteiger partial charge is 0.306 e. The summed E-state index contributed by atoms with van der Waals surface area (Å²) in [6.07, 6.45) is 3.37. The maximum atomic E-state index is 12.1. The van der Waals surface area contributed by atoms with Crippen LogP contribution >= 0.6 is 0 Å². The number of amides is 2. The summed E-state index contributed by atoms with van der Waals surface area (Å²) in [5.74, 6) is 0.392. The molecular formula is C14H24N2O2. The number of likely N-dealkylation sites (tertiary alicyclic amines) is 1. The SMILES string of the molecule is CC(C)CC1C(=O)NC(=O)CC12CCN(C)CC2. The number of piperidine rings is 2. The minimum absolute atomic E-state index is 0.0175. The maximum absolute atomic E-state index is 12.1. The van der Waals surface area contributed by atoms with Crippen LogP contribution in [0, 0.1) is 17.3 Å². The summed E-state index contributed by atoms with van der Waals surface area (Å²) in [6, 6.07) is 0. The zero-order chi connectivity index (χ0) is 13.3. The summed E-state index contributed by atoms with van der Waals surface area (Å²) >= 11 is 0. The number of imide groups is 1. The van der Waals surface area contributed by atoms with Gasteiger partial charge in [-0.3, -0.25) is 14.9 Å². The summed E-state index contributed by atoms with van der Waals surface area (Å²) in [7, 11) is 2.11. The Bertz CT molecular complexity index is 344. The van der Waals surface area contributed by atoms with Crippen molar-refractivity contribution in [3.05, 3.63) is 0 Å². The van der Waals surface area contributed by atoms with Gasteiger partial charge in [-0.1, -0.05) is 13.8 Å².